The number of amidine groups is 1. The number of fused-ring (bicyclic) bond motifs is 1. The topological polar surface area (TPSA) is 81.2 Å². The summed E-state index contributed by atoms with van der Waals surface area (Å²) < 4.78 is 6.29. The van der Waals surface area contributed by atoms with Crippen LogP contribution < -0.4 is 20.9 Å². The maximum atomic E-state index is 11.7. The van der Waals surface area contributed by atoms with Gasteiger partial charge in [-0.25, -0.2) is 4.99 Å². The van der Waals surface area contributed by atoms with Gasteiger partial charge in [-0.05, 0) is 55.6 Å². The molecule has 0 aromatic heterocycles. The lowest BCUT2D eigenvalue weighted by Crippen LogP contribution is -2.44. The van der Waals surface area contributed by atoms with E-state index in [1.807, 2.05) is 24.3 Å². The molecule has 3 heterocycles. The number of piperazine rings is 1. The van der Waals surface area contributed by atoms with E-state index in [0.717, 1.165) is 43.3 Å². The molecule has 3 N–H and O–H groups in total. The van der Waals surface area contributed by atoms with Gasteiger partial charge in [0.1, 0.15) is 22.7 Å². The first kappa shape index (κ1) is 24.0. The third kappa shape index (κ3) is 5.24. The Morgan fingerprint density at radius 1 is 1.22 bits per heavy atom. The minimum absolute atomic E-state index is 0.289. The zero-order chi connectivity index (χ0) is 25.1. The number of allylic oxidation sites excluding steroid dienone is 4. The lowest BCUT2D eigenvalue weighted by molar-refractivity contribution is -0.115. The van der Waals surface area contributed by atoms with Gasteiger partial charge < -0.3 is 30.5 Å². The van der Waals surface area contributed by atoms with Crippen LogP contribution in [0.5, 0.6) is 0 Å². The van der Waals surface area contributed by atoms with E-state index in [-0.39, 0.29) is 12.1 Å². The number of carbonyl (C=O) groups is 1. The molecule has 1 aliphatic carbocycles. The molecular weight excluding hydrogens is 476 g/mol. The Labute approximate surface area is 216 Å². The highest BCUT2D eigenvalue weighted by Gasteiger charge is 2.32. The molecule has 3 aliphatic heterocycles. The van der Waals surface area contributed by atoms with Crippen molar-refractivity contribution in [3.05, 3.63) is 101 Å². The zero-order valence-electron chi connectivity index (χ0n) is 20.1. The number of nitrogens with one attached hydrogen (secondary N) is 3. The van der Waals surface area contributed by atoms with Crippen molar-refractivity contribution in [2.24, 2.45) is 4.99 Å². The van der Waals surface area contributed by atoms with Gasteiger partial charge >= 0.3 is 0 Å². The lowest BCUT2D eigenvalue weighted by atomic mass is 10.1. The van der Waals surface area contributed by atoms with Crippen LogP contribution in [0.1, 0.15) is 5.56 Å². The van der Waals surface area contributed by atoms with Crippen molar-refractivity contribution in [3.63, 3.8) is 0 Å². The smallest absolute Gasteiger partial charge is 0.247 e. The van der Waals surface area contributed by atoms with E-state index in [1.54, 1.807) is 12.3 Å². The van der Waals surface area contributed by atoms with Crippen molar-refractivity contribution >= 4 is 29.0 Å². The largest absolute Gasteiger partial charge is 0.479 e. The fraction of sp³-hybridized carbons (Fsp3) is 0.259. The lowest BCUT2D eigenvalue weighted by Gasteiger charge is -2.34. The number of anilines is 1. The van der Waals surface area contributed by atoms with Crippen LogP contribution >= 0.6 is 11.6 Å². The second-order valence-electron chi connectivity index (χ2n) is 8.89. The number of likely N-dealkylation sites (N-methyl/N-ethyl adjacent to an activating group) is 1. The highest BCUT2D eigenvalue weighted by atomic mass is 35.5. The number of nitrogens with zero attached hydrogens (tertiary/aromatic N) is 3. The highest BCUT2D eigenvalue weighted by Crippen LogP contribution is 2.30. The molecule has 36 heavy (non-hydrogen) atoms. The van der Waals surface area contributed by atoms with E-state index < -0.39 is 6.10 Å². The summed E-state index contributed by atoms with van der Waals surface area (Å²) >= 11 is 6.54. The first-order valence-electron chi connectivity index (χ1n) is 11.9. The zero-order valence-corrected chi connectivity index (χ0v) is 20.8. The standard InChI is InChI=1S/C27H29ClN6O2/c1-3-23(35)30-19-6-4-5-7-21(16-19)36-25-22(28)17-29-27-24(25)31-26(32-27)18-8-10-20(11-9-18)34-14-12-33(2)13-15-34/h3-11,16-17,21,27,29H,1,12-15H2,2H3,(H,30,35)(H,31,32). The van der Waals surface area contributed by atoms with Gasteiger partial charge in [0.2, 0.25) is 5.91 Å². The molecule has 9 heteroatoms. The normalized spacial score (nSPS) is 23.5. The Balaban J connectivity index is 1.32. The number of hydrogen-bond donors (Lipinski definition) is 3. The fourth-order valence-electron chi connectivity index (χ4n) is 4.34. The number of amides is 1. The van der Waals surface area contributed by atoms with Crippen LogP contribution in [0.2, 0.25) is 0 Å². The van der Waals surface area contributed by atoms with Crippen LogP contribution in [-0.2, 0) is 9.53 Å². The molecule has 1 saturated heterocycles. The first-order valence-corrected chi connectivity index (χ1v) is 12.3. The molecule has 2 atom stereocenters. The van der Waals surface area contributed by atoms with E-state index >= 15 is 0 Å². The minimum Gasteiger partial charge on any atom is -0.479 e. The summed E-state index contributed by atoms with van der Waals surface area (Å²) in [6, 6.07) is 8.46. The number of dihydropyridines is 1. The molecule has 5 rings (SSSR count). The third-order valence-electron chi connectivity index (χ3n) is 6.36. The van der Waals surface area contributed by atoms with Gasteiger partial charge in [-0.15, -0.1) is 0 Å². The molecule has 1 aromatic rings. The quantitative estimate of drug-likeness (QED) is 0.517. The summed E-state index contributed by atoms with van der Waals surface area (Å²) in [5, 5.41) is 9.82. The molecule has 2 unspecified atom stereocenters. The SMILES string of the molecule is C=CC(=O)NC1=CC(OC2=C3NC(c4ccc(N5CCN(C)CC5)cc4)=NC3NC=C2Cl)C=CC=C1. The van der Waals surface area contributed by atoms with Crippen molar-refractivity contribution in [1.82, 2.24) is 20.9 Å². The van der Waals surface area contributed by atoms with Crippen molar-refractivity contribution in [2.75, 3.05) is 38.1 Å². The Morgan fingerprint density at radius 3 is 2.75 bits per heavy atom. The monoisotopic (exact) mass is 504 g/mol. The molecule has 0 bridgehead atoms. The van der Waals surface area contributed by atoms with E-state index in [0.29, 0.717) is 16.5 Å². The van der Waals surface area contributed by atoms with Gasteiger partial charge in [-0.2, -0.15) is 0 Å². The van der Waals surface area contributed by atoms with Gasteiger partial charge in [0, 0.05) is 49.3 Å². The van der Waals surface area contributed by atoms with Crippen LogP contribution in [0, 0.1) is 0 Å². The van der Waals surface area contributed by atoms with Crippen molar-refractivity contribution in [1.29, 1.82) is 0 Å². The molecule has 0 saturated carbocycles. The van der Waals surface area contributed by atoms with E-state index in [4.69, 9.17) is 21.3 Å². The number of hydrogen-bond acceptors (Lipinski definition) is 7. The molecule has 0 spiro atoms. The third-order valence-corrected chi connectivity index (χ3v) is 6.64. The summed E-state index contributed by atoms with van der Waals surface area (Å²) in [5.41, 5.74) is 3.56. The number of aliphatic imine (C=N–C) groups is 1. The molecule has 8 nitrogen and oxygen atoms in total. The molecule has 0 radical (unpaired) electrons. The number of ether oxygens (including phenoxy) is 1. The van der Waals surface area contributed by atoms with E-state index in [2.05, 4.69) is 63.6 Å². The summed E-state index contributed by atoms with van der Waals surface area (Å²) in [6.45, 7) is 7.68. The minimum atomic E-state index is -0.447. The second-order valence-corrected chi connectivity index (χ2v) is 9.29. The highest BCUT2D eigenvalue weighted by molar-refractivity contribution is 6.32. The van der Waals surface area contributed by atoms with E-state index in [1.165, 1.54) is 11.8 Å². The predicted octanol–water partition coefficient (Wildman–Crippen LogP) is 2.71. The van der Waals surface area contributed by atoms with Crippen LogP contribution in [0.3, 0.4) is 0 Å². The second kappa shape index (κ2) is 10.5. The molecule has 1 aromatic carbocycles. The van der Waals surface area contributed by atoms with Gasteiger partial charge in [0.05, 0.1) is 0 Å². The van der Waals surface area contributed by atoms with E-state index in [9.17, 15) is 4.79 Å². The maximum Gasteiger partial charge on any atom is 0.247 e. The van der Waals surface area contributed by atoms with Crippen molar-refractivity contribution < 1.29 is 9.53 Å². The summed E-state index contributed by atoms with van der Waals surface area (Å²) in [6.07, 6.45) is 11.3. The average molecular weight is 505 g/mol. The van der Waals surface area contributed by atoms with Crippen LogP contribution in [0.25, 0.3) is 0 Å². The van der Waals surface area contributed by atoms with Crippen LogP contribution in [-0.4, -0.2) is 62.1 Å². The molecule has 1 fully saturated rings. The fourth-order valence-corrected chi connectivity index (χ4v) is 4.55. The molecule has 1 amide bonds. The molecular formula is C27H29ClN6O2. The van der Waals surface area contributed by atoms with Crippen molar-refractivity contribution in [3.8, 4) is 0 Å². The summed E-state index contributed by atoms with van der Waals surface area (Å²) in [7, 11) is 2.16. The Hall–Kier alpha value is -3.75. The average Bonchev–Trinajstić information content (AvgIpc) is 3.21. The van der Waals surface area contributed by atoms with Gasteiger partial charge in [0.25, 0.3) is 0 Å². The van der Waals surface area contributed by atoms with Gasteiger partial charge in [0.15, 0.2) is 11.9 Å². The van der Waals surface area contributed by atoms with Crippen molar-refractivity contribution in [2.45, 2.75) is 12.3 Å². The number of carbonyl (C=O) groups excluding carboxylic acids is 1. The number of benzene rings is 1. The Morgan fingerprint density at radius 2 is 2.00 bits per heavy atom. The Kier molecular flexibility index (Phi) is 6.97. The Bertz CT molecular complexity index is 1220. The van der Waals surface area contributed by atoms with Gasteiger partial charge in [-0.3, -0.25) is 4.79 Å². The first-order chi connectivity index (χ1) is 17.5. The van der Waals surface area contributed by atoms with Crippen LogP contribution in [0.4, 0.5) is 5.69 Å². The molecule has 4 aliphatic rings. The van der Waals surface area contributed by atoms with Crippen LogP contribution in [0.15, 0.2) is 101 Å². The maximum absolute atomic E-state index is 11.7. The summed E-state index contributed by atoms with van der Waals surface area (Å²) in [5.74, 6) is 0.971. The number of rotatable bonds is 6. The molecule has 186 valence electrons. The predicted molar refractivity (Wildman–Crippen MR) is 143 cm³/mol. The number of halogens is 1. The van der Waals surface area contributed by atoms with Gasteiger partial charge in [-0.1, -0.05) is 30.3 Å². The summed E-state index contributed by atoms with van der Waals surface area (Å²) in [4.78, 5) is 21.3.